The van der Waals surface area contributed by atoms with Crippen molar-refractivity contribution in [1.29, 1.82) is 0 Å². The van der Waals surface area contributed by atoms with E-state index in [-0.39, 0.29) is 18.0 Å². The topological polar surface area (TPSA) is 85.5 Å². The van der Waals surface area contributed by atoms with Crippen LogP contribution in [0.5, 0.6) is 11.5 Å². The van der Waals surface area contributed by atoms with E-state index in [1.54, 1.807) is 11.0 Å². The Morgan fingerprint density at radius 3 is 2.54 bits per heavy atom. The SMILES string of the molecule is CN1CCN(Cc2c(F)cc(NC(=O)Nc3ccc(Oc4ccnc5[nH]cc(Cl)c45)cc3F)cc2C(F)(F)F)CC1. The number of benzene rings is 2. The van der Waals surface area contributed by atoms with Crippen molar-refractivity contribution in [3.05, 3.63) is 76.6 Å². The monoisotopic (exact) mass is 594 g/mol. The van der Waals surface area contributed by atoms with Gasteiger partial charge in [0.05, 0.1) is 21.7 Å². The number of aromatic nitrogens is 2. The van der Waals surface area contributed by atoms with Gasteiger partial charge in [0.2, 0.25) is 0 Å². The third kappa shape index (κ3) is 6.53. The van der Waals surface area contributed by atoms with Gasteiger partial charge in [-0.2, -0.15) is 13.2 Å². The summed E-state index contributed by atoms with van der Waals surface area (Å²) in [6, 6.07) is 5.56. The molecular weight excluding hydrogens is 571 g/mol. The first kappa shape index (κ1) is 28.6. The summed E-state index contributed by atoms with van der Waals surface area (Å²) in [6.45, 7) is 2.08. The Balaban J connectivity index is 1.29. The number of carbonyl (C=O) groups excluding carboxylic acids is 1. The van der Waals surface area contributed by atoms with Gasteiger partial charge in [-0.05, 0) is 37.4 Å². The van der Waals surface area contributed by atoms with Crippen molar-refractivity contribution in [1.82, 2.24) is 19.8 Å². The fourth-order valence-corrected chi connectivity index (χ4v) is 4.73. The molecule has 41 heavy (non-hydrogen) atoms. The van der Waals surface area contributed by atoms with E-state index in [1.165, 1.54) is 24.5 Å². The number of likely N-dealkylation sites (N-methyl/N-ethyl adjacent to an activating group) is 1. The van der Waals surface area contributed by atoms with Crippen LogP contribution in [0.3, 0.4) is 0 Å². The first-order valence-electron chi connectivity index (χ1n) is 12.5. The number of hydrogen-bond donors (Lipinski definition) is 3. The van der Waals surface area contributed by atoms with Crippen LogP contribution >= 0.6 is 11.6 Å². The van der Waals surface area contributed by atoms with Gasteiger partial charge in [0, 0.05) is 62.4 Å². The average Bonchev–Trinajstić information content (AvgIpc) is 3.29. The molecule has 216 valence electrons. The van der Waals surface area contributed by atoms with Gasteiger partial charge in [-0.25, -0.2) is 18.6 Å². The second-order valence-corrected chi connectivity index (χ2v) is 9.96. The molecule has 0 unspecified atom stereocenters. The number of halogens is 6. The van der Waals surface area contributed by atoms with Crippen LogP contribution in [0.25, 0.3) is 11.0 Å². The second kappa shape index (κ2) is 11.5. The zero-order valence-corrected chi connectivity index (χ0v) is 22.3. The Hall–Kier alpha value is -3.94. The number of urea groups is 1. The first-order chi connectivity index (χ1) is 19.5. The van der Waals surface area contributed by atoms with Crippen LogP contribution in [0, 0.1) is 11.6 Å². The van der Waals surface area contributed by atoms with Crippen LogP contribution in [-0.4, -0.2) is 59.0 Å². The van der Waals surface area contributed by atoms with Crippen LogP contribution in [0.15, 0.2) is 48.8 Å². The normalized spacial score (nSPS) is 14.8. The molecule has 0 aliphatic carbocycles. The van der Waals surface area contributed by atoms with Crippen molar-refractivity contribution < 1.29 is 31.5 Å². The minimum Gasteiger partial charge on any atom is -0.456 e. The largest absolute Gasteiger partial charge is 0.456 e. The van der Waals surface area contributed by atoms with Crippen molar-refractivity contribution >= 4 is 40.0 Å². The fraction of sp³-hybridized carbons (Fsp3) is 0.259. The molecule has 14 heteroatoms. The highest BCUT2D eigenvalue weighted by Crippen LogP contribution is 2.37. The number of amides is 2. The lowest BCUT2D eigenvalue weighted by molar-refractivity contribution is -0.138. The van der Waals surface area contributed by atoms with Gasteiger partial charge in [0.1, 0.15) is 28.8 Å². The zero-order valence-electron chi connectivity index (χ0n) is 21.6. The molecule has 1 aliphatic heterocycles. The number of hydrogen-bond acceptors (Lipinski definition) is 5. The lowest BCUT2D eigenvalue weighted by Gasteiger charge is -2.33. The van der Waals surface area contributed by atoms with E-state index < -0.39 is 40.7 Å². The summed E-state index contributed by atoms with van der Waals surface area (Å²) in [5.74, 6) is -1.58. The maximum absolute atomic E-state index is 14.9. The van der Waals surface area contributed by atoms with E-state index in [9.17, 15) is 26.7 Å². The Kier molecular flexibility index (Phi) is 8.02. The maximum atomic E-state index is 14.9. The molecule has 5 rings (SSSR count). The summed E-state index contributed by atoms with van der Waals surface area (Å²) < 4.78 is 77.0. The number of anilines is 2. The van der Waals surface area contributed by atoms with Crippen LogP contribution in [0.4, 0.5) is 38.1 Å². The van der Waals surface area contributed by atoms with E-state index in [1.807, 2.05) is 11.9 Å². The number of alkyl halides is 3. The number of fused-ring (bicyclic) bond motifs is 1. The second-order valence-electron chi connectivity index (χ2n) is 9.55. The summed E-state index contributed by atoms with van der Waals surface area (Å²) in [5.41, 5.74) is -1.92. The Labute approximate surface area is 236 Å². The quantitative estimate of drug-likeness (QED) is 0.216. The van der Waals surface area contributed by atoms with Gasteiger partial charge in [-0.15, -0.1) is 0 Å². The lowest BCUT2D eigenvalue weighted by Crippen LogP contribution is -2.44. The van der Waals surface area contributed by atoms with Gasteiger partial charge in [0.25, 0.3) is 0 Å². The van der Waals surface area contributed by atoms with Crippen LogP contribution < -0.4 is 15.4 Å². The minimum absolute atomic E-state index is 0.0889. The highest BCUT2D eigenvalue weighted by molar-refractivity contribution is 6.36. The number of aromatic amines is 1. The Morgan fingerprint density at radius 2 is 1.83 bits per heavy atom. The predicted octanol–water partition coefficient (Wildman–Crippen LogP) is 6.70. The molecule has 1 aliphatic rings. The molecule has 8 nitrogen and oxygen atoms in total. The van der Waals surface area contributed by atoms with E-state index in [0.717, 1.165) is 12.1 Å². The van der Waals surface area contributed by atoms with E-state index in [2.05, 4.69) is 20.6 Å². The summed E-state index contributed by atoms with van der Waals surface area (Å²) in [6.07, 6.45) is -1.85. The number of rotatable bonds is 6. The van der Waals surface area contributed by atoms with Crippen molar-refractivity contribution in [3.8, 4) is 11.5 Å². The number of carbonyl (C=O) groups is 1. The van der Waals surface area contributed by atoms with Crippen molar-refractivity contribution in [3.63, 3.8) is 0 Å². The smallest absolute Gasteiger partial charge is 0.416 e. The molecule has 3 heterocycles. The number of nitrogens with one attached hydrogen (secondary N) is 3. The highest BCUT2D eigenvalue weighted by atomic mass is 35.5. The molecule has 2 aromatic carbocycles. The van der Waals surface area contributed by atoms with Gasteiger partial charge in [-0.3, -0.25) is 4.90 Å². The molecule has 0 spiro atoms. The predicted molar refractivity (Wildman–Crippen MR) is 144 cm³/mol. The molecule has 4 aromatic rings. The molecule has 2 amide bonds. The summed E-state index contributed by atoms with van der Waals surface area (Å²) >= 11 is 6.16. The van der Waals surface area contributed by atoms with E-state index >= 15 is 0 Å². The average molecular weight is 595 g/mol. The van der Waals surface area contributed by atoms with Crippen LogP contribution in [0.1, 0.15) is 11.1 Å². The molecular formula is C27H24ClF5N6O2. The minimum atomic E-state index is -4.86. The lowest BCUT2D eigenvalue weighted by atomic mass is 10.0. The summed E-state index contributed by atoms with van der Waals surface area (Å²) in [7, 11) is 1.90. The van der Waals surface area contributed by atoms with Crippen molar-refractivity contribution in [2.45, 2.75) is 12.7 Å². The standard InChI is InChI=1S/C27H24ClF5N6O2/c1-38-6-8-39(9-7-38)14-17-18(27(31,32)33)10-15(11-20(17)29)36-26(40)37-22-3-2-16(12-21(22)30)41-23-4-5-34-25-24(23)19(28)13-35-25/h2-5,10-13H,6-9,14H2,1H3,(H,34,35)(H2,36,37,40). The first-order valence-corrected chi connectivity index (χ1v) is 12.8. The molecule has 0 saturated carbocycles. The summed E-state index contributed by atoms with van der Waals surface area (Å²) in [5, 5.41) is 5.22. The number of ether oxygens (including phenoxy) is 1. The molecule has 0 radical (unpaired) electrons. The van der Waals surface area contributed by atoms with Crippen molar-refractivity contribution in [2.75, 3.05) is 43.9 Å². The molecule has 3 N–H and O–H groups in total. The van der Waals surface area contributed by atoms with E-state index in [4.69, 9.17) is 16.3 Å². The third-order valence-corrected chi connectivity index (χ3v) is 6.94. The van der Waals surface area contributed by atoms with Gasteiger partial charge >= 0.3 is 12.2 Å². The van der Waals surface area contributed by atoms with Crippen molar-refractivity contribution in [2.24, 2.45) is 0 Å². The number of H-pyrrole nitrogens is 1. The fourth-order valence-electron chi connectivity index (χ4n) is 4.50. The Morgan fingerprint density at radius 1 is 1.07 bits per heavy atom. The molecule has 1 fully saturated rings. The Bertz CT molecular complexity index is 1590. The maximum Gasteiger partial charge on any atom is 0.416 e. The van der Waals surface area contributed by atoms with Gasteiger partial charge in [-0.1, -0.05) is 11.6 Å². The third-order valence-electron chi connectivity index (χ3n) is 6.64. The number of pyridine rings is 1. The van der Waals surface area contributed by atoms with E-state index in [0.29, 0.717) is 54.1 Å². The molecule has 1 saturated heterocycles. The number of piperazine rings is 1. The van der Waals surface area contributed by atoms with Crippen LogP contribution in [0.2, 0.25) is 5.02 Å². The van der Waals surface area contributed by atoms with Gasteiger partial charge in [0.15, 0.2) is 0 Å². The van der Waals surface area contributed by atoms with Crippen LogP contribution in [-0.2, 0) is 12.7 Å². The zero-order chi connectivity index (χ0) is 29.3. The highest BCUT2D eigenvalue weighted by Gasteiger charge is 2.36. The molecule has 0 atom stereocenters. The molecule has 0 bridgehead atoms. The molecule has 2 aromatic heterocycles. The number of nitrogens with zero attached hydrogens (tertiary/aromatic N) is 3. The summed E-state index contributed by atoms with van der Waals surface area (Å²) in [4.78, 5) is 23.3. The van der Waals surface area contributed by atoms with Gasteiger partial charge < -0.3 is 25.3 Å².